The maximum Gasteiger partial charge on any atom is 0.270 e. The number of aryl methyl sites for hydroxylation is 2. The molecule has 0 aliphatic heterocycles. The number of rotatable bonds is 5. The Kier molecular flexibility index (Phi) is 4.77. The average Bonchev–Trinajstić information content (AvgIpc) is 2.77. The first-order valence-electron chi connectivity index (χ1n) is 6.64. The van der Waals surface area contributed by atoms with E-state index in [4.69, 9.17) is 5.11 Å². The maximum absolute atomic E-state index is 12.3. The van der Waals surface area contributed by atoms with Crippen molar-refractivity contribution in [1.29, 1.82) is 0 Å². The molecular formula is C14H18BrN3O2. The van der Waals surface area contributed by atoms with E-state index in [1.165, 1.54) is 0 Å². The number of fused-ring (bicyclic) bond motifs is 1. The summed E-state index contributed by atoms with van der Waals surface area (Å²) in [4.78, 5) is 16.9. The highest BCUT2D eigenvalue weighted by Gasteiger charge is 2.19. The lowest BCUT2D eigenvalue weighted by Crippen LogP contribution is -2.27. The quantitative estimate of drug-likeness (QED) is 0.819. The second kappa shape index (κ2) is 6.37. The van der Waals surface area contributed by atoms with Gasteiger partial charge in [-0.05, 0) is 47.3 Å². The summed E-state index contributed by atoms with van der Waals surface area (Å²) in [6, 6.07) is 1.98. The Bertz CT molecular complexity index is 637. The van der Waals surface area contributed by atoms with Gasteiger partial charge < -0.3 is 10.4 Å². The van der Waals surface area contributed by atoms with Crippen molar-refractivity contribution in [1.82, 2.24) is 14.7 Å². The van der Waals surface area contributed by atoms with Crippen LogP contribution < -0.4 is 5.32 Å². The van der Waals surface area contributed by atoms with Crippen molar-refractivity contribution in [2.24, 2.45) is 0 Å². The van der Waals surface area contributed by atoms with Crippen LogP contribution in [0, 0.1) is 6.92 Å². The van der Waals surface area contributed by atoms with Gasteiger partial charge in [-0.1, -0.05) is 6.92 Å². The molecule has 2 aromatic rings. The minimum absolute atomic E-state index is 0.0682. The molecule has 6 heteroatoms. The van der Waals surface area contributed by atoms with Crippen LogP contribution in [0.15, 0.2) is 16.7 Å². The molecule has 0 spiro atoms. The Morgan fingerprint density at radius 1 is 1.55 bits per heavy atom. The number of aliphatic hydroxyl groups excluding tert-OH is 1. The summed E-state index contributed by atoms with van der Waals surface area (Å²) < 4.78 is 2.74. The lowest BCUT2D eigenvalue weighted by atomic mass is 10.2. The zero-order valence-electron chi connectivity index (χ0n) is 11.6. The van der Waals surface area contributed by atoms with Crippen LogP contribution >= 0.6 is 15.9 Å². The van der Waals surface area contributed by atoms with Crippen molar-refractivity contribution in [3.05, 3.63) is 33.7 Å². The molecule has 108 valence electrons. The van der Waals surface area contributed by atoms with Gasteiger partial charge in [0, 0.05) is 23.8 Å². The molecule has 0 unspecified atom stereocenters. The SMILES string of the molecule is CCc1nc2c(C)cc(Br)cn2c1C(=O)NCCCO. The third-order valence-electron chi connectivity index (χ3n) is 3.11. The van der Waals surface area contributed by atoms with Crippen LogP contribution in [0.1, 0.15) is 35.1 Å². The number of pyridine rings is 1. The Morgan fingerprint density at radius 3 is 2.95 bits per heavy atom. The van der Waals surface area contributed by atoms with Crippen LogP contribution in [0.2, 0.25) is 0 Å². The summed E-state index contributed by atoms with van der Waals surface area (Å²) in [6.45, 7) is 4.48. The first-order valence-corrected chi connectivity index (χ1v) is 7.44. The minimum atomic E-state index is -0.152. The van der Waals surface area contributed by atoms with Crippen molar-refractivity contribution in [3.63, 3.8) is 0 Å². The Balaban J connectivity index is 2.47. The van der Waals surface area contributed by atoms with Crippen molar-refractivity contribution >= 4 is 27.5 Å². The predicted molar refractivity (Wildman–Crippen MR) is 81.0 cm³/mol. The molecule has 2 rings (SSSR count). The third kappa shape index (κ3) is 2.86. The first-order chi connectivity index (χ1) is 9.58. The van der Waals surface area contributed by atoms with Crippen LogP contribution in [0.5, 0.6) is 0 Å². The number of nitrogens with zero attached hydrogens (tertiary/aromatic N) is 2. The highest BCUT2D eigenvalue weighted by molar-refractivity contribution is 9.10. The molecule has 5 nitrogen and oxygen atoms in total. The number of carbonyl (C=O) groups excluding carboxylic acids is 1. The average molecular weight is 340 g/mol. The summed E-state index contributed by atoms with van der Waals surface area (Å²) >= 11 is 3.45. The van der Waals surface area contributed by atoms with Gasteiger partial charge in [-0.25, -0.2) is 4.98 Å². The predicted octanol–water partition coefficient (Wildman–Crippen LogP) is 2.08. The molecule has 0 aliphatic rings. The van der Waals surface area contributed by atoms with Gasteiger partial charge in [-0.15, -0.1) is 0 Å². The Labute approximate surface area is 126 Å². The number of hydrogen-bond donors (Lipinski definition) is 2. The van der Waals surface area contributed by atoms with Gasteiger partial charge in [0.15, 0.2) is 0 Å². The van der Waals surface area contributed by atoms with Gasteiger partial charge in [0.2, 0.25) is 0 Å². The van der Waals surface area contributed by atoms with Crippen molar-refractivity contribution in [2.45, 2.75) is 26.7 Å². The van der Waals surface area contributed by atoms with Gasteiger partial charge in [-0.2, -0.15) is 0 Å². The van der Waals surface area contributed by atoms with Gasteiger partial charge in [-0.3, -0.25) is 9.20 Å². The monoisotopic (exact) mass is 339 g/mol. The number of aliphatic hydroxyl groups is 1. The summed E-state index contributed by atoms with van der Waals surface area (Å²) in [5.41, 5.74) is 3.18. The van der Waals surface area contributed by atoms with Crippen LogP contribution in [-0.2, 0) is 6.42 Å². The zero-order chi connectivity index (χ0) is 14.7. The largest absolute Gasteiger partial charge is 0.396 e. The van der Waals surface area contributed by atoms with Gasteiger partial charge in [0.05, 0.1) is 5.69 Å². The first kappa shape index (κ1) is 15.0. The van der Waals surface area contributed by atoms with E-state index in [1.54, 1.807) is 0 Å². The van der Waals surface area contributed by atoms with Crippen molar-refractivity contribution in [2.75, 3.05) is 13.2 Å². The normalized spacial score (nSPS) is 11.0. The minimum Gasteiger partial charge on any atom is -0.396 e. The number of carbonyl (C=O) groups is 1. The second-order valence-electron chi connectivity index (χ2n) is 4.63. The molecule has 20 heavy (non-hydrogen) atoms. The maximum atomic E-state index is 12.3. The zero-order valence-corrected chi connectivity index (χ0v) is 13.2. The number of aromatic nitrogens is 2. The Hall–Kier alpha value is -1.40. The van der Waals surface area contributed by atoms with Gasteiger partial charge in [0.25, 0.3) is 5.91 Å². The molecule has 0 bridgehead atoms. The molecule has 0 atom stereocenters. The van der Waals surface area contributed by atoms with E-state index >= 15 is 0 Å². The number of nitrogens with one attached hydrogen (secondary N) is 1. The lowest BCUT2D eigenvalue weighted by Gasteiger charge is -2.06. The molecule has 0 radical (unpaired) electrons. The molecule has 2 N–H and O–H groups in total. The Morgan fingerprint density at radius 2 is 2.30 bits per heavy atom. The van der Waals surface area contributed by atoms with Crippen LogP contribution in [0.4, 0.5) is 0 Å². The standard InChI is InChI=1S/C14H18BrN3O2/c1-3-11-12(14(20)16-5-4-6-19)18-8-10(15)7-9(2)13(18)17-11/h7-8,19H,3-6H2,1-2H3,(H,16,20). The van der Waals surface area contributed by atoms with Crippen LogP contribution in [-0.4, -0.2) is 33.6 Å². The molecule has 0 fully saturated rings. The number of amides is 1. The smallest absolute Gasteiger partial charge is 0.270 e. The summed E-state index contributed by atoms with van der Waals surface area (Å²) in [6.07, 6.45) is 3.10. The fourth-order valence-corrected chi connectivity index (χ4v) is 2.72. The molecule has 0 saturated carbocycles. The van der Waals surface area contributed by atoms with Crippen molar-refractivity contribution < 1.29 is 9.90 Å². The third-order valence-corrected chi connectivity index (χ3v) is 3.55. The molecule has 2 heterocycles. The second-order valence-corrected chi connectivity index (χ2v) is 5.54. The van der Waals surface area contributed by atoms with Crippen LogP contribution in [0.3, 0.4) is 0 Å². The number of hydrogen-bond acceptors (Lipinski definition) is 3. The molecule has 0 aliphatic carbocycles. The molecule has 0 aromatic carbocycles. The number of halogens is 1. The van der Waals surface area contributed by atoms with E-state index in [1.807, 2.05) is 30.5 Å². The molecule has 1 amide bonds. The summed E-state index contributed by atoms with van der Waals surface area (Å²) in [7, 11) is 0. The van der Waals surface area contributed by atoms with E-state index in [0.29, 0.717) is 25.1 Å². The highest BCUT2D eigenvalue weighted by atomic mass is 79.9. The molecule has 2 aromatic heterocycles. The van der Waals surface area contributed by atoms with E-state index in [9.17, 15) is 4.79 Å². The van der Waals surface area contributed by atoms with Crippen molar-refractivity contribution in [3.8, 4) is 0 Å². The summed E-state index contributed by atoms with van der Waals surface area (Å²) in [5.74, 6) is -0.152. The fraction of sp³-hybridized carbons (Fsp3) is 0.429. The fourth-order valence-electron chi connectivity index (χ4n) is 2.17. The van der Waals surface area contributed by atoms with E-state index < -0.39 is 0 Å². The van der Waals surface area contributed by atoms with Gasteiger partial charge in [0.1, 0.15) is 11.3 Å². The van der Waals surface area contributed by atoms with E-state index in [-0.39, 0.29) is 12.5 Å². The number of imidazole rings is 1. The van der Waals surface area contributed by atoms with Crippen LogP contribution in [0.25, 0.3) is 5.65 Å². The topological polar surface area (TPSA) is 66.6 Å². The van der Waals surface area contributed by atoms with E-state index in [2.05, 4.69) is 26.2 Å². The highest BCUT2D eigenvalue weighted by Crippen LogP contribution is 2.21. The van der Waals surface area contributed by atoms with Gasteiger partial charge >= 0.3 is 0 Å². The molecule has 0 saturated heterocycles. The van der Waals surface area contributed by atoms with E-state index in [0.717, 1.165) is 21.4 Å². The molecular weight excluding hydrogens is 322 g/mol. The lowest BCUT2D eigenvalue weighted by molar-refractivity contribution is 0.0944. The summed E-state index contributed by atoms with van der Waals surface area (Å²) in [5, 5.41) is 11.6.